The molecule has 4 heteroatoms. The molecule has 2 N–H and O–H groups in total. The molecule has 21 heavy (non-hydrogen) atoms. The molecule has 112 valence electrons. The summed E-state index contributed by atoms with van der Waals surface area (Å²) in [6.07, 6.45) is 4.51. The second-order valence-electron chi connectivity index (χ2n) is 6.59. The van der Waals surface area contributed by atoms with Crippen LogP contribution in [-0.2, 0) is 11.2 Å². The van der Waals surface area contributed by atoms with Crippen LogP contribution in [0.4, 0.5) is 5.69 Å². The molecule has 1 amide bonds. The van der Waals surface area contributed by atoms with Gasteiger partial charge in [0.2, 0.25) is 5.91 Å². The molecule has 3 atom stereocenters. The summed E-state index contributed by atoms with van der Waals surface area (Å²) in [5.41, 5.74) is 2.45. The van der Waals surface area contributed by atoms with E-state index in [0.29, 0.717) is 12.1 Å². The number of carbonyl (C=O) groups excluding carboxylic acids is 1. The van der Waals surface area contributed by atoms with E-state index in [2.05, 4.69) is 27.7 Å². The van der Waals surface area contributed by atoms with E-state index in [1.54, 1.807) is 0 Å². The van der Waals surface area contributed by atoms with Crippen molar-refractivity contribution in [2.45, 2.75) is 37.8 Å². The Morgan fingerprint density at radius 2 is 2.14 bits per heavy atom. The van der Waals surface area contributed by atoms with Crippen molar-refractivity contribution in [3.05, 3.63) is 29.8 Å². The zero-order valence-corrected chi connectivity index (χ0v) is 12.3. The van der Waals surface area contributed by atoms with Crippen LogP contribution in [0, 0.1) is 5.92 Å². The summed E-state index contributed by atoms with van der Waals surface area (Å²) >= 11 is 0. The number of nitrogens with one attached hydrogen (secondary N) is 2. The number of fused-ring (bicyclic) bond motifs is 2. The average molecular weight is 285 g/mol. The molecule has 3 aliphatic heterocycles. The van der Waals surface area contributed by atoms with E-state index in [4.69, 9.17) is 0 Å². The van der Waals surface area contributed by atoms with Crippen molar-refractivity contribution in [2.24, 2.45) is 5.92 Å². The zero-order valence-electron chi connectivity index (χ0n) is 12.3. The number of carbonyl (C=O) groups is 1. The largest absolute Gasteiger partial charge is 0.384 e. The van der Waals surface area contributed by atoms with Gasteiger partial charge in [-0.3, -0.25) is 9.69 Å². The van der Waals surface area contributed by atoms with Crippen LogP contribution in [0.15, 0.2) is 24.3 Å². The minimum absolute atomic E-state index is 0.0651. The molecular formula is C17H23N3O. The molecule has 0 aliphatic carbocycles. The Hall–Kier alpha value is -1.55. The maximum absolute atomic E-state index is 12.6. The zero-order chi connectivity index (χ0) is 14.2. The van der Waals surface area contributed by atoms with Gasteiger partial charge in [-0.15, -0.1) is 0 Å². The minimum atomic E-state index is 0.0651. The molecule has 4 nitrogen and oxygen atoms in total. The molecule has 0 aromatic heterocycles. The monoisotopic (exact) mass is 285 g/mol. The van der Waals surface area contributed by atoms with E-state index in [0.717, 1.165) is 25.9 Å². The topological polar surface area (TPSA) is 44.4 Å². The Kier molecular flexibility index (Phi) is 3.34. The van der Waals surface area contributed by atoms with Crippen LogP contribution in [0.3, 0.4) is 0 Å². The van der Waals surface area contributed by atoms with Crippen molar-refractivity contribution in [2.75, 3.05) is 25.0 Å². The van der Waals surface area contributed by atoms with Gasteiger partial charge in [0.25, 0.3) is 0 Å². The van der Waals surface area contributed by atoms with Gasteiger partial charge in [0, 0.05) is 30.9 Å². The average Bonchev–Trinajstić information content (AvgIpc) is 3.12. The molecule has 0 radical (unpaired) electrons. The first-order chi connectivity index (χ1) is 10.3. The van der Waals surface area contributed by atoms with Crippen LogP contribution in [-0.4, -0.2) is 42.5 Å². The molecule has 0 bridgehead atoms. The first-order valence-corrected chi connectivity index (χ1v) is 8.17. The van der Waals surface area contributed by atoms with Gasteiger partial charge in [-0.1, -0.05) is 18.2 Å². The number of anilines is 1. The van der Waals surface area contributed by atoms with E-state index in [-0.39, 0.29) is 11.8 Å². The van der Waals surface area contributed by atoms with Crippen molar-refractivity contribution < 1.29 is 4.79 Å². The quantitative estimate of drug-likeness (QED) is 0.868. The van der Waals surface area contributed by atoms with Gasteiger partial charge >= 0.3 is 0 Å². The lowest BCUT2D eigenvalue weighted by molar-refractivity contribution is -0.125. The van der Waals surface area contributed by atoms with Gasteiger partial charge in [0.15, 0.2) is 0 Å². The summed E-state index contributed by atoms with van der Waals surface area (Å²) in [6, 6.07) is 9.27. The number of hydrogen-bond acceptors (Lipinski definition) is 3. The summed E-state index contributed by atoms with van der Waals surface area (Å²) in [6.45, 7) is 3.13. The predicted molar refractivity (Wildman–Crippen MR) is 83.3 cm³/mol. The van der Waals surface area contributed by atoms with Crippen LogP contribution in [0.25, 0.3) is 0 Å². The molecule has 2 fully saturated rings. The fourth-order valence-corrected chi connectivity index (χ4v) is 4.18. The summed E-state index contributed by atoms with van der Waals surface area (Å²) in [4.78, 5) is 15.1. The Bertz CT molecular complexity index is 545. The Labute approximate surface area is 125 Å². The highest BCUT2D eigenvalue weighted by atomic mass is 16.2. The van der Waals surface area contributed by atoms with E-state index in [9.17, 15) is 4.79 Å². The number of hydrogen-bond donors (Lipinski definition) is 2. The maximum atomic E-state index is 12.6. The van der Waals surface area contributed by atoms with Gasteiger partial charge in [-0.05, 0) is 43.9 Å². The second kappa shape index (κ2) is 5.34. The van der Waals surface area contributed by atoms with Crippen molar-refractivity contribution in [1.29, 1.82) is 0 Å². The second-order valence-corrected chi connectivity index (χ2v) is 6.59. The highest BCUT2D eigenvalue weighted by Gasteiger charge is 2.38. The summed E-state index contributed by atoms with van der Waals surface area (Å²) in [5, 5.41) is 6.72. The number of nitrogens with zero attached hydrogens (tertiary/aromatic N) is 1. The van der Waals surface area contributed by atoms with E-state index >= 15 is 0 Å². The van der Waals surface area contributed by atoms with E-state index in [1.807, 2.05) is 12.1 Å². The standard InChI is InChI=1S/C17H23N3O/c21-17(19-15-7-9-20-8-3-6-16(15)20)13-10-12-4-1-2-5-14(12)18-11-13/h1-2,4-5,13,15-16,18H,3,6-11H2,(H,19,21). The molecule has 0 saturated carbocycles. The first kappa shape index (κ1) is 13.1. The molecule has 3 aliphatic rings. The third-order valence-corrected chi connectivity index (χ3v) is 5.33. The highest BCUT2D eigenvalue weighted by Crippen LogP contribution is 2.29. The van der Waals surface area contributed by atoms with E-state index < -0.39 is 0 Å². The maximum Gasteiger partial charge on any atom is 0.225 e. The van der Waals surface area contributed by atoms with Gasteiger partial charge in [0.05, 0.1) is 5.92 Å². The molecule has 0 spiro atoms. The lowest BCUT2D eigenvalue weighted by Gasteiger charge is -2.28. The van der Waals surface area contributed by atoms with E-state index in [1.165, 1.54) is 30.6 Å². The molecule has 1 aromatic carbocycles. The third-order valence-electron chi connectivity index (χ3n) is 5.33. The van der Waals surface area contributed by atoms with Crippen molar-refractivity contribution >= 4 is 11.6 Å². The Balaban J connectivity index is 1.40. The lowest BCUT2D eigenvalue weighted by atomic mass is 9.92. The van der Waals surface area contributed by atoms with Crippen molar-refractivity contribution in [3.8, 4) is 0 Å². The molecule has 3 heterocycles. The fraction of sp³-hybridized carbons (Fsp3) is 0.588. The molecule has 2 saturated heterocycles. The summed E-state index contributed by atoms with van der Waals surface area (Å²) in [7, 11) is 0. The normalized spacial score (nSPS) is 31.3. The number of rotatable bonds is 2. The van der Waals surface area contributed by atoms with Crippen LogP contribution in [0.2, 0.25) is 0 Å². The van der Waals surface area contributed by atoms with Crippen molar-refractivity contribution in [3.63, 3.8) is 0 Å². The SMILES string of the molecule is O=C(NC1CCN2CCCC12)C1CNc2ccccc2C1. The number of para-hydroxylation sites is 1. The number of benzene rings is 1. The van der Waals surface area contributed by atoms with Crippen LogP contribution in [0.5, 0.6) is 0 Å². The summed E-state index contributed by atoms with van der Waals surface area (Å²) in [5.74, 6) is 0.297. The van der Waals surface area contributed by atoms with Crippen LogP contribution in [0.1, 0.15) is 24.8 Å². The van der Waals surface area contributed by atoms with Gasteiger partial charge in [-0.2, -0.15) is 0 Å². The van der Waals surface area contributed by atoms with Crippen molar-refractivity contribution in [1.82, 2.24) is 10.2 Å². The van der Waals surface area contributed by atoms with Crippen LogP contribution < -0.4 is 10.6 Å². The van der Waals surface area contributed by atoms with Gasteiger partial charge in [0.1, 0.15) is 0 Å². The van der Waals surface area contributed by atoms with Gasteiger partial charge < -0.3 is 10.6 Å². The third kappa shape index (κ3) is 2.42. The number of amides is 1. The Morgan fingerprint density at radius 3 is 3.10 bits per heavy atom. The molecular weight excluding hydrogens is 262 g/mol. The highest BCUT2D eigenvalue weighted by molar-refractivity contribution is 5.81. The molecule has 1 aromatic rings. The molecule has 4 rings (SSSR count). The Morgan fingerprint density at radius 1 is 1.24 bits per heavy atom. The smallest absolute Gasteiger partial charge is 0.225 e. The lowest BCUT2D eigenvalue weighted by Crippen LogP contribution is -2.47. The minimum Gasteiger partial charge on any atom is -0.384 e. The van der Waals surface area contributed by atoms with Crippen LogP contribution >= 0.6 is 0 Å². The predicted octanol–water partition coefficient (Wildman–Crippen LogP) is 1.62. The summed E-state index contributed by atoms with van der Waals surface area (Å²) < 4.78 is 0. The first-order valence-electron chi connectivity index (χ1n) is 8.17. The van der Waals surface area contributed by atoms with Gasteiger partial charge in [-0.25, -0.2) is 0 Å². The fourth-order valence-electron chi connectivity index (χ4n) is 4.18. The molecule has 3 unspecified atom stereocenters.